The molecule has 0 unspecified atom stereocenters. The summed E-state index contributed by atoms with van der Waals surface area (Å²) >= 11 is 0. The number of ketones is 2. The summed E-state index contributed by atoms with van der Waals surface area (Å²) in [5, 5.41) is 0. The first-order valence-electron chi connectivity index (χ1n) is 8.87. The molecule has 6 heteroatoms. The molecular weight excluding hydrogens is 360 g/mol. The van der Waals surface area contributed by atoms with Crippen LogP contribution in [0.4, 0.5) is 0 Å². The molecule has 1 saturated heterocycles. The molecule has 0 bridgehead atoms. The summed E-state index contributed by atoms with van der Waals surface area (Å²) < 4.78 is 10.5. The molecule has 0 N–H and O–H groups in total. The quantitative estimate of drug-likeness (QED) is 0.434. The van der Waals surface area contributed by atoms with Gasteiger partial charge < -0.3 is 9.47 Å². The molecule has 0 aliphatic carbocycles. The number of ether oxygens (including phenoxy) is 2. The molecule has 144 valence electrons. The second-order valence-electron chi connectivity index (χ2n) is 7.19. The summed E-state index contributed by atoms with van der Waals surface area (Å²) in [5.41, 5.74) is -1.35. The molecule has 1 aliphatic heterocycles. The van der Waals surface area contributed by atoms with Gasteiger partial charge in [0.15, 0.2) is 17.0 Å². The van der Waals surface area contributed by atoms with E-state index in [4.69, 9.17) is 9.47 Å². The van der Waals surface area contributed by atoms with Gasteiger partial charge in [-0.3, -0.25) is 19.2 Å². The fourth-order valence-electron chi connectivity index (χ4n) is 3.10. The van der Waals surface area contributed by atoms with Gasteiger partial charge in [0.1, 0.15) is 0 Å². The van der Waals surface area contributed by atoms with Crippen LogP contribution < -0.4 is 0 Å². The normalized spacial score (nSPS) is 17.4. The van der Waals surface area contributed by atoms with Crippen LogP contribution in [0.25, 0.3) is 0 Å². The standard InChI is InChI=1S/C22H20O6/c1-21(2)27-19(25)22(20(26)28-21,13-17(23)15-9-5-3-6-10-15)14-18(24)16-11-7-4-8-12-16/h3-12H,13-14H2,1-2H3. The number of esters is 2. The highest BCUT2D eigenvalue weighted by Crippen LogP contribution is 2.40. The van der Waals surface area contributed by atoms with Gasteiger partial charge in [0, 0.05) is 37.8 Å². The minimum Gasteiger partial charge on any atom is -0.422 e. The molecule has 1 heterocycles. The molecule has 2 aromatic rings. The van der Waals surface area contributed by atoms with E-state index in [9.17, 15) is 19.2 Å². The summed E-state index contributed by atoms with van der Waals surface area (Å²) in [6.07, 6.45) is -1.02. The van der Waals surface area contributed by atoms with E-state index in [0.717, 1.165) is 0 Å². The number of carbonyl (C=O) groups is 4. The van der Waals surface area contributed by atoms with Crippen LogP contribution in [-0.2, 0) is 19.1 Å². The third kappa shape index (κ3) is 3.86. The van der Waals surface area contributed by atoms with Crippen LogP contribution in [0.1, 0.15) is 47.4 Å². The Hall–Kier alpha value is -3.28. The predicted octanol–water partition coefficient (Wildman–Crippen LogP) is 3.35. The van der Waals surface area contributed by atoms with E-state index >= 15 is 0 Å². The van der Waals surface area contributed by atoms with Gasteiger partial charge >= 0.3 is 11.9 Å². The Morgan fingerprint density at radius 2 is 1.07 bits per heavy atom. The topological polar surface area (TPSA) is 86.7 Å². The third-order valence-electron chi connectivity index (χ3n) is 4.57. The van der Waals surface area contributed by atoms with Crippen LogP contribution in [0.5, 0.6) is 0 Å². The molecule has 0 amide bonds. The fraction of sp³-hybridized carbons (Fsp3) is 0.273. The highest BCUT2D eigenvalue weighted by Gasteiger charge is 2.58. The summed E-state index contributed by atoms with van der Waals surface area (Å²) in [5.74, 6) is -4.21. The van der Waals surface area contributed by atoms with Gasteiger partial charge in [-0.15, -0.1) is 0 Å². The smallest absolute Gasteiger partial charge is 0.327 e. The summed E-state index contributed by atoms with van der Waals surface area (Å²) in [7, 11) is 0. The molecule has 0 spiro atoms. The Kier molecular flexibility index (Phi) is 5.14. The molecule has 0 radical (unpaired) electrons. The largest absolute Gasteiger partial charge is 0.422 e. The molecule has 0 saturated carbocycles. The maximum Gasteiger partial charge on any atom is 0.327 e. The SMILES string of the molecule is CC1(C)OC(=O)C(CC(=O)c2ccccc2)(CC(=O)c2ccccc2)C(=O)O1. The molecule has 0 aromatic heterocycles. The molecule has 1 fully saturated rings. The van der Waals surface area contributed by atoms with Gasteiger partial charge in [0.2, 0.25) is 0 Å². The van der Waals surface area contributed by atoms with E-state index in [1.165, 1.54) is 13.8 Å². The summed E-state index contributed by atoms with van der Waals surface area (Å²) in [6.45, 7) is 2.84. The fourth-order valence-corrected chi connectivity index (χ4v) is 3.10. The van der Waals surface area contributed by atoms with Crippen molar-refractivity contribution < 1.29 is 28.7 Å². The van der Waals surface area contributed by atoms with Gasteiger partial charge in [-0.1, -0.05) is 60.7 Å². The zero-order chi connectivity index (χ0) is 20.4. The molecule has 0 atom stereocenters. The number of hydrogen-bond acceptors (Lipinski definition) is 6. The summed E-state index contributed by atoms with van der Waals surface area (Å²) in [6, 6.07) is 16.5. The first-order chi connectivity index (χ1) is 13.2. The number of hydrogen-bond donors (Lipinski definition) is 0. The van der Waals surface area contributed by atoms with Crippen molar-refractivity contribution in [3.05, 3.63) is 71.8 Å². The first kappa shape index (κ1) is 19.5. The maximum atomic E-state index is 12.8. The molecule has 1 aliphatic rings. The predicted molar refractivity (Wildman–Crippen MR) is 99.5 cm³/mol. The monoisotopic (exact) mass is 380 g/mol. The Morgan fingerprint density at radius 1 is 0.714 bits per heavy atom. The Morgan fingerprint density at radius 3 is 1.43 bits per heavy atom. The van der Waals surface area contributed by atoms with Crippen molar-refractivity contribution >= 4 is 23.5 Å². The van der Waals surface area contributed by atoms with E-state index in [1.807, 2.05) is 0 Å². The van der Waals surface area contributed by atoms with Crippen LogP contribution in [0.2, 0.25) is 0 Å². The lowest BCUT2D eigenvalue weighted by atomic mass is 9.75. The Bertz CT molecular complexity index is 839. The highest BCUT2D eigenvalue weighted by molar-refractivity contribution is 6.12. The maximum absolute atomic E-state index is 12.8. The van der Waals surface area contributed by atoms with Gasteiger partial charge in [-0.05, 0) is 0 Å². The van der Waals surface area contributed by atoms with Crippen LogP contribution in [-0.4, -0.2) is 29.3 Å². The summed E-state index contributed by atoms with van der Waals surface area (Å²) in [4.78, 5) is 51.2. The second kappa shape index (κ2) is 7.38. The van der Waals surface area contributed by atoms with Crippen molar-refractivity contribution in [1.82, 2.24) is 0 Å². The van der Waals surface area contributed by atoms with Crippen molar-refractivity contribution in [3.8, 4) is 0 Å². The van der Waals surface area contributed by atoms with Crippen molar-refractivity contribution in [2.45, 2.75) is 32.5 Å². The van der Waals surface area contributed by atoms with Crippen molar-refractivity contribution in [3.63, 3.8) is 0 Å². The lowest BCUT2D eigenvalue weighted by molar-refractivity contribution is -0.250. The second-order valence-corrected chi connectivity index (χ2v) is 7.19. The Labute approximate surface area is 162 Å². The Balaban J connectivity index is 1.96. The third-order valence-corrected chi connectivity index (χ3v) is 4.57. The molecule has 3 rings (SSSR count). The lowest BCUT2D eigenvalue weighted by Gasteiger charge is -2.39. The zero-order valence-corrected chi connectivity index (χ0v) is 15.6. The van der Waals surface area contributed by atoms with Crippen LogP contribution in [0.3, 0.4) is 0 Å². The number of carbonyl (C=O) groups excluding carboxylic acids is 4. The minimum absolute atomic E-state index is 0.333. The van der Waals surface area contributed by atoms with E-state index in [1.54, 1.807) is 60.7 Å². The molecule has 28 heavy (non-hydrogen) atoms. The number of benzene rings is 2. The van der Waals surface area contributed by atoms with Crippen LogP contribution in [0.15, 0.2) is 60.7 Å². The minimum atomic E-state index is -2.02. The molecule has 2 aromatic carbocycles. The van der Waals surface area contributed by atoms with E-state index < -0.39 is 47.5 Å². The van der Waals surface area contributed by atoms with Gasteiger partial charge in [0.05, 0.1) is 0 Å². The van der Waals surface area contributed by atoms with Gasteiger partial charge in [-0.25, -0.2) is 0 Å². The number of cyclic esters (lactones) is 2. The van der Waals surface area contributed by atoms with Crippen LogP contribution in [0, 0.1) is 5.41 Å². The van der Waals surface area contributed by atoms with Crippen molar-refractivity contribution in [2.75, 3.05) is 0 Å². The van der Waals surface area contributed by atoms with E-state index in [-0.39, 0.29) is 0 Å². The average molecular weight is 380 g/mol. The van der Waals surface area contributed by atoms with Gasteiger partial charge in [0.25, 0.3) is 5.79 Å². The number of Topliss-reactive ketones (excluding diaryl/α,β-unsaturated/α-hetero) is 2. The first-order valence-corrected chi connectivity index (χ1v) is 8.87. The van der Waals surface area contributed by atoms with Crippen molar-refractivity contribution in [1.29, 1.82) is 0 Å². The lowest BCUT2D eigenvalue weighted by Crippen LogP contribution is -2.55. The van der Waals surface area contributed by atoms with E-state index in [2.05, 4.69) is 0 Å². The van der Waals surface area contributed by atoms with Crippen LogP contribution >= 0.6 is 0 Å². The average Bonchev–Trinajstić information content (AvgIpc) is 2.66. The van der Waals surface area contributed by atoms with Crippen molar-refractivity contribution in [2.24, 2.45) is 5.41 Å². The van der Waals surface area contributed by atoms with E-state index in [0.29, 0.717) is 11.1 Å². The molecular formula is C22H20O6. The molecule has 6 nitrogen and oxygen atoms in total. The zero-order valence-electron chi connectivity index (χ0n) is 15.6. The highest BCUT2D eigenvalue weighted by atomic mass is 16.7. The number of rotatable bonds is 6. The van der Waals surface area contributed by atoms with Gasteiger partial charge in [-0.2, -0.15) is 0 Å².